The molecular weight excluding hydrogens is 446 g/mol. The molecule has 8 heteroatoms. The molecule has 1 aliphatic rings. The predicted molar refractivity (Wildman–Crippen MR) is 139 cm³/mol. The highest BCUT2D eigenvalue weighted by Crippen LogP contribution is 2.36. The lowest BCUT2D eigenvalue weighted by Crippen LogP contribution is -2.50. The van der Waals surface area contributed by atoms with E-state index in [1.54, 1.807) is 6.07 Å². The summed E-state index contributed by atoms with van der Waals surface area (Å²) in [6.07, 6.45) is -0.529. The smallest absolute Gasteiger partial charge is 0.419 e. The van der Waals surface area contributed by atoms with Crippen LogP contribution in [0.1, 0.15) is 52.0 Å². The molecule has 3 rings (SSSR count). The van der Waals surface area contributed by atoms with Crippen molar-refractivity contribution in [1.29, 1.82) is 0 Å². The number of amides is 1. The second-order valence-electron chi connectivity index (χ2n) is 11.6. The molecule has 0 atom stereocenters. The third-order valence-electron chi connectivity index (χ3n) is 6.84. The summed E-state index contributed by atoms with van der Waals surface area (Å²) < 4.78 is 13.4. The van der Waals surface area contributed by atoms with Gasteiger partial charge in [-0.2, -0.15) is 0 Å². The van der Waals surface area contributed by atoms with Crippen LogP contribution in [0.4, 0.5) is 4.79 Å². The fourth-order valence-corrected chi connectivity index (χ4v) is 4.83. The van der Waals surface area contributed by atoms with Gasteiger partial charge in [0.05, 0.1) is 5.52 Å². The molecule has 2 aromatic rings. The zero-order valence-corrected chi connectivity index (χ0v) is 23.1. The van der Waals surface area contributed by atoms with Gasteiger partial charge in [-0.25, -0.2) is 9.36 Å². The van der Waals surface area contributed by atoms with E-state index < -0.39 is 20.0 Å². The topological polar surface area (TPSA) is 64.0 Å². The van der Waals surface area contributed by atoms with Crippen molar-refractivity contribution in [1.82, 2.24) is 14.4 Å². The molecule has 0 aliphatic carbocycles. The summed E-state index contributed by atoms with van der Waals surface area (Å²) in [6, 6.07) is 9.31. The van der Waals surface area contributed by atoms with Gasteiger partial charge >= 0.3 is 6.09 Å². The Morgan fingerprint density at radius 3 is 2.18 bits per heavy atom. The average Bonchev–Trinajstić information content (AvgIpc) is 3.11. The molecule has 1 fully saturated rings. The number of ether oxygens (including phenoxy) is 1. The summed E-state index contributed by atoms with van der Waals surface area (Å²) in [7, 11) is -1.75. The van der Waals surface area contributed by atoms with Crippen LogP contribution in [0.5, 0.6) is 0 Å². The fourth-order valence-electron chi connectivity index (χ4n) is 3.80. The highest BCUT2D eigenvalue weighted by molar-refractivity contribution is 6.74. The molecule has 188 valence electrons. The van der Waals surface area contributed by atoms with Crippen molar-refractivity contribution in [2.24, 2.45) is 0 Å². The second kappa shape index (κ2) is 9.83. The minimum absolute atomic E-state index is 0.140. The van der Waals surface area contributed by atoms with Gasteiger partial charge in [0, 0.05) is 44.7 Å². The number of carbonyl (C=O) groups is 2. The number of hydrogen-bond donors (Lipinski definition) is 0. The Morgan fingerprint density at radius 2 is 1.59 bits per heavy atom. The number of piperazine rings is 1. The largest absolute Gasteiger partial charge is 0.443 e. The van der Waals surface area contributed by atoms with Crippen molar-refractivity contribution in [3.05, 3.63) is 36.0 Å². The van der Waals surface area contributed by atoms with Crippen molar-refractivity contribution >= 4 is 31.2 Å². The highest BCUT2D eigenvalue weighted by atomic mass is 28.4. The minimum Gasteiger partial charge on any atom is -0.443 e. The van der Waals surface area contributed by atoms with Gasteiger partial charge in [0.15, 0.2) is 8.32 Å². The molecule has 1 aromatic heterocycles. The molecule has 0 radical (unpaired) electrons. The summed E-state index contributed by atoms with van der Waals surface area (Å²) in [6.45, 7) is 21.2. The van der Waals surface area contributed by atoms with E-state index in [1.807, 2.05) is 49.9 Å². The molecule has 1 amide bonds. The van der Waals surface area contributed by atoms with Crippen LogP contribution in [0.15, 0.2) is 30.3 Å². The van der Waals surface area contributed by atoms with E-state index in [9.17, 15) is 9.59 Å². The molecule has 2 heterocycles. The maximum Gasteiger partial charge on any atom is 0.419 e. The van der Waals surface area contributed by atoms with E-state index in [1.165, 1.54) is 4.57 Å². The molecule has 0 spiro atoms. The monoisotopic (exact) mass is 487 g/mol. The van der Waals surface area contributed by atoms with Crippen molar-refractivity contribution in [2.75, 3.05) is 39.3 Å². The standard InChI is InChI=1S/C26H41N3O4Si/c1-25(2,3)33-24(31)29-21-12-10-9-11-20(21)19-22(29)23(30)28-15-13-27(14-16-28)17-18-32-34(7,8)26(4,5)6/h9-12,19H,13-18H2,1-8H3. The second-order valence-corrected chi connectivity index (χ2v) is 16.5. The maximum absolute atomic E-state index is 13.5. The Labute approximate surface area is 205 Å². The van der Waals surface area contributed by atoms with Crippen molar-refractivity contribution < 1.29 is 18.8 Å². The molecule has 0 N–H and O–H groups in total. The average molecular weight is 488 g/mol. The van der Waals surface area contributed by atoms with Gasteiger partial charge in [0.25, 0.3) is 5.91 Å². The van der Waals surface area contributed by atoms with Crippen LogP contribution in [0, 0.1) is 0 Å². The van der Waals surface area contributed by atoms with Gasteiger partial charge in [-0.05, 0) is 51.0 Å². The number of fused-ring (bicyclic) bond motifs is 1. The van der Waals surface area contributed by atoms with Gasteiger partial charge < -0.3 is 14.1 Å². The summed E-state index contributed by atoms with van der Waals surface area (Å²) in [5.74, 6) is -0.140. The van der Waals surface area contributed by atoms with E-state index in [2.05, 4.69) is 38.8 Å². The molecule has 0 unspecified atom stereocenters. The van der Waals surface area contributed by atoms with Crippen molar-refractivity contribution in [2.45, 2.75) is 65.3 Å². The quantitative estimate of drug-likeness (QED) is 0.542. The Bertz CT molecular complexity index is 1020. The third kappa shape index (κ3) is 6.09. The van der Waals surface area contributed by atoms with Crippen LogP contribution < -0.4 is 0 Å². The minimum atomic E-state index is -1.75. The Balaban J connectivity index is 1.67. The van der Waals surface area contributed by atoms with E-state index >= 15 is 0 Å². The summed E-state index contributed by atoms with van der Waals surface area (Å²) in [5.41, 5.74) is 0.382. The van der Waals surface area contributed by atoms with E-state index in [-0.39, 0.29) is 10.9 Å². The molecule has 0 bridgehead atoms. The normalized spacial score (nSPS) is 16.2. The van der Waals surface area contributed by atoms with Crippen LogP contribution in [-0.4, -0.2) is 79.6 Å². The lowest BCUT2D eigenvalue weighted by atomic mass is 10.2. The zero-order valence-electron chi connectivity index (χ0n) is 22.1. The van der Waals surface area contributed by atoms with Gasteiger partial charge in [0.2, 0.25) is 0 Å². The van der Waals surface area contributed by atoms with E-state index in [0.29, 0.717) is 24.3 Å². The maximum atomic E-state index is 13.5. The molecule has 34 heavy (non-hydrogen) atoms. The van der Waals surface area contributed by atoms with Gasteiger partial charge in [-0.3, -0.25) is 9.69 Å². The van der Waals surface area contributed by atoms with Gasteiger partial charge in [0.1, 0.15) is 11.3 Å². The zero-order chi connectivity index (χ0) is 25.3. The fraction of sp³-hybridized carbons (Fsp3) is 0.615. The first kappa shape index (κ1) is 26.4. The molecule has 7 nitrogen and oxygen atoms in total. The lowest BCUT2D eigenvalue weighted by Gasteiger charge is -2.38. The first-order valence-corrected chi connectivity index (χ1v) is 15.1. The van der Waals surface area contributed by atoms with E-state index in [4.69, 9.17) is 9.16 Å². The van der Waals surface area contributed by atoms with Gasteiger partial charge in [-0.1, -0.05) is 39.0 Å². The number of nitrogens with zero attached hydrogens (tertiary/aromatic N) is 3. The summed E-state index contributed by atoms with van der Waals surface area (Å²) in [4.78, 5) is 30.7. The summed E-state index contributed by atoms with van der Waals surface area (Å²) >= 11 is 0. The molecule has 1 aliphatic heterocycles. The number of benzene rings is 1. The van der Waals surface area contributed by atoms with Crippen LogP contribution in [0.25, 0.3) is 10.9 Å². The lowest BCUT2D eigenvalue weighted by molar-refractivity contribution is 0.0501. The Morgan fingerprint density at radius 1 is 0.971 bits per heavy atom. The Kier molecular flexibility index (Phi) is 7.65. The first-order valence-electron chi connectivity index (χ1n) is 12.2. The van der Waals surface area contributed by atoms with Crippen LogP contribution in [0.2, 0.25) is 18.1 Å². The summed E-state index contributed by atoms with van der Waals surface area (Å²) in [5, 5.41) is 1.04. The number of aromatic nitrogens is 1. The molecule has 1 aromatic carbocycles. The first-order chi connectivity index (χ1) is 15.7. The van der Waals surface area contributed by atoms with Crippen molar-refractivity contribution in [3.8, 4) is 0 Å². The number of hydrogen-bond acceptors (Lipinski definition) is 5. The Hall–Kier alpha value is -2.16. The van der Waals surface area contributed by atoms with Crippen LogP contribution in [-0.2, 0) is 9.16 Å². The van der Waals surface area contributed by atoms with E-state index in [0.717, 1.165) is 31.6 Å². The predicted octanol–water partition coefficient (Wildman–Crippen LogP) is 5.20. The number of rotatable bonds is 5. The number of carbonyl (C=O) groups excluding carboxylic acids is 2. The highest BCUT2D eigenvalue weighted by Gasteiger charge is 2.37. The molecule has 0 saturated carbocycles. The molecular formula is C26H41N3O4Si. The van der Waals surface area contributed by atoms with Crippen LogP contribution in [0.3, 0.4) is 0 Å². The van der Waals surface area contributed by atoms with Gasteiger partial charge in [-0.15, -0.1) is 0 Å². The van der Waals surface area contributed by atoms with Crippen LogP contribution >= 0.6 is 0 Å². The third-order valence-corrected chi connectivity index (χ3v) is 11.4. The number of para-hydroxylation sites is 1. The SMILES string of the molecule is CC(C)(C)OC(=O)n1c(C(=O)N2CCN(CCO[Si](C)(C)C(C)(C)C)CC2)cc2ccccc21. The van der Waals surface area contributed by atoms with Crippen molar-refractivity contribution in [3.63, 3.8) is 0 Å². The molecule has 1 saturated heterocycles.